The fourth-order valence-electron chi connectivity index (χ4n) is 7.15. The van der Waals surface area contributed by atoms with Crippen molar-refractivity contribution >= 4 is 54.4 Å². The molecule has 0 N–H and O–H groups in total. The molecule has 5 heteroatoms. The molecular weight excluding hydrogens is 601 g/mol. The number of para-hydroxylation sites is 1. The number of benzene rings is 7. The molecule has 0 aliphatic rings. The van der Waals surface area contributed by atoms with Crippen LogP contribution in [-0.2, 0) is 0 Å². The third kappa shape index (κ3) is 4.40. The summed E-state index contributed by atoms with van der Waals surface area (Å²) in [6, 6.07) is 52.3. The summed E-state index contributed by atoms with van der Waals surface area (Å²) >= 11 is 0. The van der Waals surface area contributed by atoms with Crippen LogP contribution in [0.1, 0.15) is 0 Å². The molecule has 0 amide bonds. The van der Waals surface area contributed by atoms with E-state index in [-0.39, 0.29) is 0 Å². The highest BCUT2D eigenvalue weighted by molar-refractivity contribution is 6.24. The maximum absolute atomic E-state index is 6.68. The molecule has 228 valence electrons. The Kier molecular flexibility index (Phi) is 6.11. The maximum Gasteiger partial charge on any atom is 0.228 e. The summed E-state index contributed by atoms with van der Waals surface area (Å²) in [5.74, 6) is 1.78. The lowest BCUT2D eigenvalue weighted by Gasteiger charge is -2.13. The van der Waals surface area contributed by atoms with Crippen LogP contribution in [0.15, 0.2) is 162 Å². The zero-order valence-corrected chi connectivity index (χ0v) is 26.2. The average molecular weight is 627 g/mol. The SMILES string of the molecule is c1ccc(-c2nc(-c3ccccc3)nc(-c3ccnc4oc5c(-c6cc7ccc8ccccc8c7c7ccccc67)cccc5c34)n2)cc1. The number of hydrogen-bond donors (Lipinski definition) is 0. The van der Waals surface area contributed by atoms with Crippen LogP contribution in [0.4, 0.5) is 0 Å². The van der Waals surface area contributed by atoms with Crippen LogP contribution in [0, 0.1) is 0 Å². The molecule has 7 aromatic carbocycles. The molecule has 5 nitrogen and oxygen atoms in total. The first-order chi connectivity index (χ1) is 24.3. The third-order valence-electron chi connectivity index (χ3n) is 9.38. The Labute approximate surface area is 281 Å². The first kappa shape index (κ1) is 27.4. The van der Waals surface area contributed by atoms with Crippen molar-refractivity contribution in [3.8, 4) is 45.3 Å². The van der Waals surface area contributed by atoms with Crippen LogP contribution < -0.4 is 0 Å². The molecule has 10 aromatic rings. The van der Waals surface area contributed by atoms with E-state index in [2.05, 4.69) is 84.9 Å². The predicted octanol–water partition coefficient (Wildman–Crippen LogP) is 11.3. The summed E-state index contributed by atoms with van der Waals surface area (Å²) in [5.41, 5.74) is 6.13. The number of pyridine rings is 1. The number of rotatable bonds is 4. The highest BCUT2D eigenvalue weighted by Crippen LogP contribution is 2.43. The van der Waals surface area contributed by atoms with Gasteiger partial charge in [0.2, 0.25) is 5.71 Å². The van der Waals surface area contributed by atoms with Crippen LogP contribution in [0.3, 0.4) is 0 Å². The van der Waals surface area contributed by atoms with Gasteiger partial charge in [-0.25, -0.2) is 19.9 Å². The molecule has 0 saturated carbocycles. The van der Waals surface area contributed by atoms with Crippen molar-refractivity contribution in [2.45, 2.75) is 0 Å². The molecule has 49 heavy (non-hydrogen) atoms. The van der Waals surface area contributed by atoms with E-state index in [9.17, 15) is 0 Å². The van der Waals surface area contributed by atoms with Crippen molar-refractivity contribution in [2.24, 2.45) is 0 Å². The summed E-state index contributed by atoms with van der Waals surface area (Å²) in [6.07, 6.45) is 1.77. The van der Waals surface area contributed by atoms with Crippen molar-refractivity contribution in [1.82, 2.24) is 19.9 Å². The number of hydrogen-bond acceptors (Lipinski definition) is 5. The van der Waals surface area contributed by atoms with Gasteiger partial charge < -0.3 is 4.42 Å². The quantitative estimate of drug-likeness (QED) is 0.182. The zero-order valence-electron chi connectivity index (χ0n) is 26.2. The fraction of sp³-hybridized carbons (Fsp3) is 0. The van der Waals surface area contributed by atoms with E-state index in [0.29, 0.717) is 23.2 Å². The monoisotopic (exact) mass is 626 g/mol. The number of furan rings is 1. The number of nitrogens with zero attached hydrogens (tertiary/aromatic N) is 4. The Hall–Kier alpha value is -6.72. The van der Waals surface area contributed by atoms with Crippen LogP contribution in [0.2, 0.25) is 0 Å². The molecule has 0 bridgehead atoms. The van der Waals surface area contributed by atoms with E-state index in [1.807, 2.05) is 66.7 Å². The van der Waals surface area contributed by atoms with Gasteiger partial charge in [0.05, 0.1) is 5.39 Å². The summed E-state index contributed by atoms with van der Waals surface area (Å²) in [7, 11) is 0. The Balaban J connectivity index is 1.23. The minimum atomic E-state index is 0.541. The normalized spacial score (nSPS) is 11.7. The van der Waals surface area contributed by atoms with Crippen molar-refractivity contribution in [2.75, 3.05) is 0 Å². The van der Waals surface area contributed by atoms with E-state index in [4.69, 9.17) is 24.4 Å². The van der Waals surface area contributed by atoms with Gasteiger partial charge in [0.1, 0.15) is 5.58 Å². The van der Waals surface area contributed by atoms with Gasteiger partial charge in [0, 0.05) is 33.8 Å². The third-order valence-corrected chi connectivity index (χ3v) is 9.38. The van der Waals surface area contributed by atoms with Crippen LogP contribution in [-0.4, -0.2) is 19.9 Å². The van der Waals surface area contributed by atoms with Crippen LogP contribution in [0.5, 0.6) is 0 Å². The molecule has 0 aliphatic heterocycles. The van der Waals surface area contributed by atoms with E-state index in [1.54, 1.807) is 6.20 Å². The van der Waals surface area contributed by atoms with Gasteiger partial charge in [-0.3, -0.25) is 0 Å². The summed E-state index contributed by atoms with van der Waals surface area (Å²) in [4.78, 5) is 19.7. The Morgan fingerprint density at radius 3 is 1.76 bits per heavy atom. The van der Waals surface area contributed by atoms with E-state index in [1.165, 1.54) is 32.3 Å². The van der Waals surface area contributed by atoms with Gasteiger partial charge in [-0.05, 0) is 50.0 Å². The zero-order chi connectivity index (χ0) is 32.3. The van der Waals surface area contributed by atoms with Gasteiger partial charge in [-0.2, -0.15) is 0 Å². The topological polar surface area (TPSA) is 64.7 Å². The Morgan fingerprint density at radius 2 is 1.00 bits per heavy atom. The molecular formula is C44H26N4O. The smallest absolute Gasteiger partial charge is 0.228 e. The largest absolute Gasteiger partial charge is 0.437 e. The molecule has 0 fully saturated rings. The lowest BCUT2D eigenvalue weighted by atomic mass is 9.90. The minimum Gasteiger partial charge on any atom is -0.437 e. The molecule has 3 aromatic heterocycles. The van der Waals surface area contributed by atoms with Gasteiger partial charge in [-0.1, -0.05) is 140 Å². The summed E-state index contributed by atoms with van der Waals surface area (Å²) in [6.45, 7) is 0. The first-order valence-electron chi connectivity index (χ1n) is 16.3. The van der Waals surface area contributed by atoms with Gasteiger partial charge in [0.15, 0.2) is 17.5 Å². The number of aromatic nitrogens is 4. The first-order valence-corrected chi connectivity index (χ1v) is 16.3. The number of fused-ring (bicyclic) bond motifs is 8. The van der Waals surface area contributed by atoms with Crippen LogP contribution in [0.25, 0.3) is 99.7 Å². The lowest BCUT2D eigenvalue weighted by molar-refractivity contribution is 0.655. The standard InChI is InChI=1S/C44H26N4O/c1-3-13-28(14-4-1)41-46-42(29-15-5-2-6-16-29)48-43(47-41)36-24-25-45-44-39(36)35-21-11-20-34(40(35)49-44)37-26-30-23-22-27-12-7-8-17-31(27)38(30)33-19-10-9-18-32(33)37/h1-26H. The second-order valence-electron chi connectivity index (χ2n) is 12.2. The molecule has 0 saturated heterocycles. The second kappa shape index (κ2) is 10.9. The van der Waals surface area contributed by atoms with E-state index < -0.39 is 0 Å². The average Bonchev–Trinajstić information content (AvgIpc) is 3.57. The molecule has 10 rings (SSSR count). The van der Waals surface area contributed by atoms with Crippen molar-refractivity contribution in [1.29, 1.82) is 0 Å². The molecule has 0 atom stereocenters. The summed E-state index contributed by atoms with van der Waals surface area (Å²) < 4.78 is 6.68. The maximum atomic E-state index is 6.68. The Morgan fingerprint density at radius 1 is 0.388 bits per heavy atom. The molecule has 3 heterocycles. The van der Waals surface area contributed by atoms with Gasteiger partial charge in [-0.15, -0.1) is 0 Å². The van der Waals surface area contributed by atoms with Crippen LogP contribution >= 0.6 is 0 Å². The molecule has 0 spiro atoms. The highest BCUT2D eigenvalue weighted by Gasteiger charge is 2.21. The minimum absolute atomic E-state index is 0.541. The van der Waals surface area contributed by atoms with Gasteiger partial charge in [0.25, 0.3) is 0 Å². The second-order valence-corrected chi connectivity index (χ2v) is 12.2. The van der Waals surface area contributed by atoms with Crippen molar-refractivity contribution in [3.05, 3.63) is 158 Å². The lowest BCUT2D eigenvalue weighted by Crippen LogP contribution is -2.00. The predicted molar refractivity (Wildman–Crippen MR) is 199 cm³/mol. The van der Waals surface area contributed by atoms with Crippen molar-refractivity contribution in [3.63, 3.8) is 0 Å². The fourth-order valence-corrected chi connectivity index (χ4v) is 7.15. The summed E-state index contributed by atoms with van der Waals surface area (Å²) in [5, 5.41) is 9.15. The van der Waals surface area contributed by atoms with E-state index >= 15 is 0 Å². The molecule has 0 unspecified atom stereocenters. The van der Waals surface area contributed by atoms with Gasteiger partial charge >= 0.3 is 0 Å². The highest BCUT2D eigenvalue weighted by atomic mass is 16.3. The van der Waals surface area contributed by atoms with E-state index in [0.717, 1.165) is 44.2 Å². The molecule has 0 aliphatic carbocycles. The molecule has 0 radical (unpaired) electrons. The van der Waals surface area contributed by atoms with Crippen molar-refractivity contribution < 1.29 is 4.42 Å². The Bertz CT molecular complexity index is 2820.